The zero-order chi connectivity index (χ0) is 13.8. The van der Waals surface area contributed by atoms with E-state index < -0.39 is 0 Å². The van der Waals surface area contributed by atoms with Crippen molar-refractivity contribution in [3.05, 3.63) is 58.9 Å². The summed E-state index contributed by atoms with van der Waals surface area (Å²) in [6.45, 7) is 0. The first-order chi connectivity index (χ1) is 9.13. The van der Waals surface area contributed by atoms with Crippen LogP contribution in [0.3, 0.4) is 0 Å². The van der Waals surface area contributed by atoms with Gasteiger partial charge in [-0.2, -0.15) is 5.26 Å². The van der Waals surface area contributed by atoms with Crippen LogP contribution in [0.1, 0.15) is 15.9 Å². The van der Waals surface area contributed by atoms with E-state index in [-0.39, 0.29) is 5.91 Å². The summed E-state index contributed by atoms with van der Waals surface area (Å²) in [6, 6.07) is 12.1. The smallest absolute Gasteiger partial charge is 0.259 e. The first kappa shape index (κ1) is 13.1. The van der Waals surface area contributed by atoms with Crippen LogP contribution in [0, 0.1) is 11.3 Å². The van der Waals surface area contributed by atoms with Gasteiger partial charge < -0.3 is 4.90 Å². The third kappa shape index (κ3) is 2.72. The number of nitrogens with zero attached hydrogens (tertiary/aromatic N) is 3. The lowest BCUT2D eigenvalue weighted by Crippen LogP contribution is -2.27. The monoisotopic (exact) mass is 271 g/mol. The van der Waals surface area contributed by atoms with E-state index >= 15 is 0 Å². The molecule has 0 bridgehead atoms. The zero-order valence-corrected chi connectivity index (χ0v) is 10.9. The minimum absolute atomic E-state index is 0.244. The van der Waals surface area contributed by atoms with Gasteiger partial charge in [-0.05, 0) is 24.3 Å². The molecule has 0 atom stereocenters. The van der Waals surface area contributed by atoms with Crippen molar-refractivity contribution < 1.29 is 4.79 Å². The van der Waals surface area contributed by atoms with Gasteiger partial charge in [0.05, 0.1) is 16.8 Å². The Kier molecular flexibility index (Phi) is 3.79. The van der Waals surface area contributed by atoms with Gasteiger partial charge in [-0.15, -0.1) is 0 Å². The molecule has 0 N–H and O–H groups in total. The molecule has 0 radical (unpaired) electrons. The number of para-hydroxylation sites is 1. The van der Waals surface area contributed by atoms with E-state index in [1.54, 1.807) is 43.4 Å². The van der Waals surface area contributed by atoms with E-state index in [0.29, 0.717) is 22.0 Å². The number of halogens is 1. The summed E-state index contributed by atoms with van der Waals surface area (Å²) >= 11 is 5.68. The van der Waals surface area contributed by atoms with Gasteiger partial charge in [-0.25, -0.2) is 4.98 Å². The number of carbonyl (C=O) groups is 1. The first-order valence-corrected chi connectivity index (χ1v) is 5.90. The molecule has 0 aliphatic rings. The van der Waals surface area contributed by atoms with Gasteiger partial charge in [0.25, 0.3) is 5.91 Å². The van der Waals surface area contributed by atoms with Gasteiger partial charge in [-0.1, -0.05) is 23.7 Å². The molecule has 0 spiro atoms. The molecule has 2 rings (SSSR count). The molecular weight excluding hydrogens is 262 g/mol. The van der Waals surface area contributed by atoms with Crippen LogP contribution in [0.25, 0.3) is 0 Å². The van der Waals surface area contributed by atoms with Gasteiger partial charge in [0.2, 0.25) is 0 Å². The Hall–Kier alpha value is -2.38. The van der Waals surface area contributed by atoms with E-state index in [9.17, 15) is 4.79 Å². The molecule has 19 heavy (non-hydrogen) atoms. The van der Waals surface area contributed by atoms with Crippen LogP contribution in [0.5, 0.6) is 0 Å². The van der Waals surface area contributed by atoms with Crippen LogP contribution >= 0.6 is 11.6 Å². The zero-order valence-electron chi connectivity index (χ0n) is 10.2. The van der Waals surface area contributed by atoms with Crippen LogP contribution in [0.2, 0.25) is 5.15 Å². The van der Waals surface area contributed by atoms with E-state index in [4.69, 9.17) is 16.9 Å². The molecule has 0 aliphatic heterocycles. The molecule has 2 aromatic rings. The average Bonchev–Trinajstić information content (AvgIpc) is 2.46. The Morgan fingerprint density at radius 2 is 2.05 bits per heavy atom. The highest BCUT2D eigenvalue weighted by molar-refractivity contribution is 6.29. The van der Waals surface area contributed by atoms with Crippen molar-refractivity contribution in [2.75, 3.05) is 11.9 Å². The quantitative estimate of drug-likeness (QED) is 0.789. The summed E-state index contributed by atoms with van der Waals surface area (Å²) in [7, 11) is 1.62. The molecule has 5 heteroatoms. The Morgan fingerprint density at radius 3 is 2.68 bits per heavy atom. The molecule has 0 aliphatic carbocycles. The molecule has 0 unspecified atom stereocenters. The van der Waals surface area contributed by atoms with Crippen molar-refractivity contribution in [3.63, 3.8) is 0 Å². The lowest BCUT2D eigenvalue weighted by molar-refractivity contribution is 0.0992. The normalized spacial score (nSPS) is 9.74. The van der Waals surface area contributed by atoms with Crippen molar-refractivity contribution in [2.24, 2.45) is 0 Å². The van der Waals surface area contributed by atoms with Crippen molar-refractivity contribution in [2.45, 2.75) is 0 Å². The molecule has 1 heterocycles. The van der Waals surface area contributed by atoms with Gasteiger partial charge >= 0.3 is 0 Å². The summed E-state index contributed by atoms with van der Waals surface area (Å²) in [5.74, 6) is -0.244. The summed E-state index contributed by atoms with van der Waals surface area (Å²) in [4.78, 5) is 17.5. The lowest BCUT2D eigenvalue weighted by Gasteiger charge is -2.18. The van der Waals surface area contributed by atoms with Gasteiger partial charge in [-0.3, -0.25) is 4.79 Å². The SMILES string of the molecule is CN(C(=O)c1ccc(Cl)nc1)c1ccccc1C#N. The molecule has 0 saturated carbocycles. The largest absolute Gasteiger partial charge is 0.310 e. The Labute approximate surface area is 115 Å². The second kappa shape index (κ2) is 5.51. The minimum atomic E-state index is -0.244. The topological polar surface area (TPSA) is 57.0 Å². The van der Waals surface area contributed by atoms with Crippen LogP contribution in [0.15, 0.2) is 42.6 Å². The highest BCUT2D eigenvalue weighted by Gasteiger charge is 2.16. The van der Waals surface area contributed by atoms with Crippen molar-refractivity contribution >= 4 is 23.2 Å². The second-order valence-electron chi connectivity index (χ2n) is 3.86. The number of rotatable bonds is 2. The minimum Gasteiger partial charge on any atom is -0.310 e. The average molecular weight is 272 g/mol. The van der Waals surface area contributed by atoms with Crippen molar-refractivity contribution in [3.8, 4) is 6.07 Å². The Balaban J connectivity index is 2.34. The summed E-state index contributed by atoms with van der Waals surface area (Å²) in [6.07, 6.45) is 1.41. The molecule has 0 saturated heterocycles. The van der Waals surface area contributed by atoms with Crippen LogP contribution in [-0.4, -0.2) is 17.9 Å². The first-order valence-electron chi connectivity index (χ1n) is 5.52. The van der Waals surface area contributed by atoms with E-state index in [2.05, 4.69) is 11.1 Å². The fourth-order valence-electron chi connectivity index (χ4n) is 1.67. The molecule has 94 valence electrons. The second-order valence-corrected chi connectivity index (χ2v) is 4.25. The molecule has 1 amide bonds. The molecule has 0 fully saturated rings. The fourth-order valence-corrected chi connectivity index (χ4v) is 1.78. The third-order valence-corrected chi connectivity index (χ3v) is 2.89. The number of hydrogen-bond acceptors (Lipinski definition) is 3. The van der Waals surface area contributed by atoms with Gasteiger partial charge in [0.1, 0.15) is 11.2 Å². The van der Waals surface area contributed by atoms with Crippen molar-refractivity contribution in [1.82, 2.24) is 4.98 Å². The van der Waals surface area contributed by atoms with E-state index in [0.717, 1.165) is 0 Å². The summed E-state index contributed by atoms with van der Waals surface area (Å²) in [5.41, 5.74) is 1.42. The number of hydrogen-bond donors (Lipinski definition) is 0. The maximum absolute atomic E-state index is 12.3. The number of anilines is 1. The fraction of sp³-hybridized carbons (Fsp3) is 0.0714. The summed E-state index contributed by atoms with van der Waals surface area (Å²) in [5, 5.41) is 9.37. The van der Waals surface area contributed by atoms with Crippen LogP contribution in [0.4, 0.5) is 5.69 Å². The molecule has 4 nitrogen and oxygen atoms in total. The Morgan fingerprint density at radius 1 is 1.32 bits per heavy atom. The number of pyridine rings is 1. The molecular formula is C14H10ClN3O. The number of benzene rings is 1. The number of aromatic nitrogens is 1. The van der Waals surface area contributed by atoms with Gasteiger partial charge in [0.15, 0.2) is 0 Å². The Bertz CT molecular complexity index is 646. The van der Waals surface area contributed by atoms with E-state index in [1.807, 2.05) is 0 Å². The van der Waals surface area contributed by atoms with Crippen molar-refractivity contribution in [1.29, 1.82) is 5.26 Å². The lowest BCUT2D eigenvalue weighted by atomic mass is 10.1. The highest BCUT2D eigenvalue weighted by atomic mass is 35.5. The molecule has 1 aromatic carbocycles. The highest BCUT2D eigenvalue weighted by Crippen LogP contribution is 2.20. The van der Waals surface area contributed by atoms with Crippen LogP contribution in [-0.2, 0) is 0 Å². The number of nitriles is 1. The summed E-state index contributed by atoms with van der Waals surface area (Å²) < 4.78 is 0. The predicted octanol–water partition coefficient (Wildman–Crippen LogP) is 2.88. The number of amides is 1. The standard InChI is InChI=1S/C14H10ClN3O/c1-18(12-5-3-2-4-10(12)8-16)14(19)11-6-7-13(15)17-9-11/h2-7,9H,1H3. The molecule has 1 aromatic heterocycles. The maximum Gasteiger partial charge on any atom is 0.259 e. The van der Waals surface area contributed by atoms with Crippen LogP contribution < -0.4 is 4.90 Å². The maximum atomic E-state index is 12.3. The van der Waals surface area contributed by atoms with E-state index in [1.165, 1.54) is 11.1 Å². The third-order valence-electron chi connectivity index (χ3n) is 2.66. The predicted molar refractivity (Wildman–Crippen MR) is 73.1 cm³/mol. The van der Waals surface area contributed by atoms with Gasteiger partial charge in [0, 0.05) is 13.2 Å². The number of carbonyl (C=O) groups excluding carboxylic acids is 1.